The zero-order valence-electron chi connectivity index (χ0n) is 19.1. The summed E-state index contributed by atoms with van der Waals surface area (Å²) in [5, 5.41) is 0. The molecule has 4 atom stereocenters. The highest BCUT2D eigenvalue weighted by Crippen LogP contribution is 2.59. The van der Waals surface area contributed by atoms with Gasteiger partial charge in [-0.2, -0.15) is 0 Å². The monoisotopic (exact) mass is 428 g/mol. The number of allylic oxidation sites excluding steroid dienone is 1. The highest BCUT2D eigenvalue weighted by Gasteiger charge is 2.54. The molecule has 29 heavy (non-hydrogen) atoms. The summed E-state index contributed by atoms with van der Waals surface area (Å²) >= 11 is 0. The van der Waals surface area contributed by atoms with Gasteiger partial charge >= 0.3 is 0 Å². The highest BCUT2D eigenvalue weighted by atomic mass is 28.4. The Labute approximate surface area is 178 Å². The quantitative estimate of drug-likeness (QED) is 0.508. The number of ketones is 1. The number of hydrogen-bond donors (Lipinski definition) is 0. The van der Waals surface area contributed by atoms with E-state index in [9.17, 15) is 4.79 Å². The van der Waals surface area contributed by atoms with Crippen LogP contribution in [0.2, 0.25) is 39.3 Å². The summed E-state index contributed by atoms with van der Waals surface area (Å²) in [6.07, 6.45) is 6.27. The molecule has 1 aromatic carbocycles. The number of carbonyl (C=O) groups excluding carboxylic acids is 1. The molecule has 0 aliphatic heterocycles. The number of rotatable bonds is 4. The van der Waals surface area contributed by atoms with Crippen LogP contribution in [0, 0.1) is 17.3 Å². The third-order valence-corrected chi connectivity index (χ3v) is 8.60. The van der Waals surface area contributed by atoms with Crippen molar-refractivity contribution >= 4 is 28.2 Å². The van der Waals surface area contributed by atoms with E-state index in [2.05, 4.69) is 70.5 Å². The lowest BCUT2D eigenvalue weighted by Crippen LogP contribution is -2.41. The van der Waals surface area contributed by atoms with Crippen molar-refractivity contribution in [1.29, 1.82) is 0 Å². The van der Waals surface area contributed by atoms with Gasteiger partial charge in [-0.15, -0.1) is 0 Å². The van der Waals surface area contributed by atoms with Crippen molar-refractivity contribution in [2.45, 2.75) is 77.8 Å². The van der Waals surface area contributed by atoms with Crippen LogP contribution >= 0.6 is 0 Å². The van der Waals surface area contributed by atoms with Gasteiger partial charge in [0.05, 0.1) is 0 Å². The Balaban J connectivity index is 1.78. The van der Waals surface area contributed by atoms with Crippen LogP contribution in [0.3, 0.4) is 0 Å². The third-order valence-electron chi connectivity index (χ3n) is 6.92. The van der Waals surface area contributed by atoms with E-state index in [0.29, 0.717) is 23.5 Å². The van der Waals surface area contributed by atoms with Crippen molar-refractivity contribution in [3.63, 3.8) is 0 Å². The Bertz CT molecular complexity index is 862. The summed E-state index contributed by atoms with van der Waals surface area (Å²) in [7, 11) is -3.44. The summed E-state index contributed by atoms with van der Waals surface area (Å²) in [4.78, 5) is 12.7. The average Bonchev–Trinajstić information content (AvgIpc) is 2.88. The Morgan fingerprint density at radius 3 is 2.34 bits per heavy atom. The molecule has 2 saturated carbocycles. The largest absolute Gasteiger partial charge is 0.544 e. The SMILES string of the molecule is C[C@]12CC[C@@H]3c4ccc(O[Si](C)(C)C)cc4C(O[Si](C)(C)C)=C[C@H]3[C@@H]1CCC2=O. The lowest BCUT2D eigenvalue weighted by atomic mass is 9.57. The van der Waals surface area contributed by atoms with Crippen molar-refractivity contribution in [1.82, 2.24) is 0 Å². The second-order valence-electron chi connectivity index (χ2n) is 11.4. The molecule has 1 aromatic rings. The molecule has 0 amide bonds. The van der Waals surface area contributed by atoms with Gasteiger partial charge < -0.3 is 8.85 Å². The van der Waals surface area contributed by atoms with Gasteiger partial charge in [0, 0.05) is 17.4 Å². The van der Waals surface area contributed by atoms with Crippen molar-refractivity contribution in [3.8, 4) is 5.75 Å². The first-order chi connectivity index (χ1) is 13.4. The minimum Gasteiger partial charge on any atom is -0.544 e. The van der Waals surface area contributed by atoms with E-state index in [1.54, 1.807) is 0 Å². The number of Topliss-reactive ketones (excluding diaryl/α,β-unsaturated/α-hetero) is 1. The molecule has 3 aliphatic carbocycles. The minimum atomic E-state index is -1.77. The fourth-order valence-corrected chi connectivity index (χ4v) is 7.41. The van der Waals surface area contributed by atoms with Crippen LogP contribution in [0.15, 0.2) is 24.3 Å². The van der Waals surface area contributed by atoms with E-state index in [1.165, 1.54) is 11.1 Å². The summed E-state index contributed by atoms with van der Waals surface area (Å²) in [5.74, 6) is 3.81. The molecule has 0 N–H and O–H groups in total. The molecule has 158 valence electrons. The Kier molecular flexibility index (Phi) is 4.93. The fourth-order valence-electron chi connectivity index (χ4n) is 5.74. The van der Waals surface area contributed by atoms with Gasteiger partial charge in [0.15, 0.2) is 0 Å². The molecular weight excluding hydrogens is 392 g/mol. The normalized spacial score (nSPS) is 31.5. The molecule has 0 spiro atoms. The van der Waals surface area contributed by atoms with Crippen molar-refractivity contribution in [2.24, 2.45) is 17.3 Å². The van der Waals surface area contributed by atoms with Gasteiger partial charge in [-0.05, 0) is 100 Å². The maximum Gasteiger partial charge on any atom is 0.242 e. The Morgan fingerprint density at radius 2 is 1.69 bits per heavy atom. The second kappa shape index (κ2) is 6.84. The van der Waals surface area contributed by atoms with Crippen LogP contribution in [0.5, 0.6) is 5.75 Å². The molecule has 5 heteroatoms. The van der Waals surface area contributed by atoms with Crippen molar-refractivity contribution in [2.75, 3.05) is 0 Å². The molecule has 3 nitrogen and oxygen atoms in total. The predicted molar refractivity (Wildman–Crippen MR) is 124 cm³/mol. The van der Waals surface area contributed by atoms with E-state index in [4.69, 9.17) is 8.85 Å². The van der Waals surface area contributed by atoms with Gasteiger partial charge in [-0.1, -0.05) is 13.0 Å². The van der Waals surface area contributed by atoms with E-state index < -0.39 is 16.6 Å². The van der Waals surface area contributed by atoms with Crippen LogP contribution in [0.1, 0.15) is 49.7 Å². The molecule has 0 saturated heterocycles. The van der Waals surface area contributed by atoms with E-state index in [0.717, 1.165) is 37.2 Å². The summed E-state index contributed by atoms with van der Waals surface area (Å²) in [6, 6.07) is 6.64. The van der Waals surface area contributed by atoms with Crippen molar-refractivity contribution in [3.05, 3.63) is 35.4 Å². The number of fused-ring (bicyclic) bond motifs is 5. The van der Waals surface area contributed by atoms with Crippen molar-refractivity contribution < 1.29 is 13.6 Å². The first-order valence-electron chi connectivity index (χ1n) is 11.1. The van der Waals surface area contributed by atoms with E-state index in [1.807, 2.05) is 0 Å². The van der Waals surface area contributed by atoms with Gasteiger partial charge in [0.1, 0.15) is 17.3 Å². The number of hydrogen-bond acceptors (Lipinski definition) is 3. The molecule has 3 aliphatic rings. The zero-order valence-corrected chi connectivity index (χ0v) is 21.1. The van der Waals surface area contributed by atoms with Gasteiger partial charge in [0.25, 0.3) is 0 Å². The van der Waals surface area contributed by atoms with Crippen LogP contribution in [0.4, 0.5) is 0 Å². The van der Waals surface area contributed by atoms with Gasteiger partial charge in [-0.3, -0.25) is 4.79 Å². The Hall–Kier alpha value is -1.34. The molecule has 0 heterocycles. The molecule has 0 unspecified atom stereocenters. The van der Waals surface area contributed by atoms with Crippen LogP contribution < -0.4 is 4.43 Å². The first-order valence-corrected chi connectivity index (χ1v) is 18.0. The molecule has 0 bridgehead atoms. The molecule has 0 aromatic heterocycles. The van der Waals surface area contributed by atoms with Crippen LogP contribution in [-0.4, -0.2) is 22.4 Å². The third kappa shape index (κ3) is 3.88. The molecule has 4 rings (SSSR count). The fraction of sp³-hybridized carbons (Fsp3) is 0.625. The Morgan fingerprint density at radius 1 is 1.00 bits per heavy atom. The lowest BCUT2D eigenvalue weighted by molar-refractivity contribution is -0.128. The van der Waals surface area contributed by atoms with Crippen LogP contribution in [0.25, 0.3) is 5.76 Å². The number of carbonyl (C=O) groups is 1. The predicted octanol–water partition coefficient (Wildman–Crippen LogP) is 6.59. The first kappa shape index (κ1) is 20.9. The lowest BCUT2D eigenvalue weighted by Gasteiger charge is -2.47. The topological polar surface area (TPSA) is 35.5 Å². The highest BCUT2D eigenvalue weighted by molar-refractivity contribution is 6.70. The molecule has 2 fully saturated rings. The van der Waals surface area contributed by atoms with Gasteiger partial charge in [0.2, 0.25) is 16.6 Å². The maximum absolute atomic E-state index is 12.7. The number of benzene rings is 1. The summed E-state index contributed by atoms with van der Waals surface area (Å²) in [6.45, 7) is 15.6. The zero-order chi connectivity index (χ0) is 21.2. The smallest absolute Gasteiger partial charge is 0.242 e. The van der Waals surface area contributed by atoms with E-state index >= 15 is 0 Å². The standard InChI is InChI=1S/C24H36O3Si2/c1-24-13-12-18-17-9-8-16(26-28(2,3)4)14-20(17)22(27-29(5,6)7)15-19(18)21(24)10-11-23(24)25/h8-9,14-15,18-19,21H,10-13H2,1-7H3/t18-,19-,21+,24+/m1/s1. The summed E-state index contributed by atoms with van der Waals surface area (Å²) in [5.41, 5.74) is 2.48. The van der Waals surface area contributed by atoms with E-state index in [-0.39, 0.29) is 5.41 Å². The maximum atomic E-state index is 12.7. The average molecular weight is 429 g/mol. The molecular formula is C24H36O3Si2. The minimum absolute atomic E-state index is 0.139. The molecule has 0 radical (unpaired) electrons. The summed E-state index contributed by atoms with van der Waals surface area (Å²) < 4.78 is 12.9. The second-order valence-corrected chi connectivity index (χ2v) is 20.3. The van der Waals surface area contributed by atoms with Gasteiger partial charge in [-0.25, -0.2) is 0 Å². The van der Waals surface area contributed by atoms with Crippen LogP contribution in [-0.2, 0) is 9.22 Å².